The number of ether oxygens (including phenoxy) is 2. The smallest absolute Gasteiger partial charge is 0.225 e. The number of likely N-dealkylation sites (tertiary alicyclic amines) is 1. The van der Waals surface area contributed by atoms with Gasteiger partial charge in [0.1, 0.15) is 0 Å². The van der Waals surface area contributed by atoms with E-state index in [0.717, 1.165) is 44.2 Å². The quantitative estimate of drug-likeness (QED) is 0.853. The molecule has 7 nitrogen and oxygen atoms in total. The van der Waals surface area contributed by atoms with Gasteiger partial charge in [-0.2, -0.15) is 0 Å². The number of carbonyl (C=O) groups is 2. The second-order valence-corrected chi connectivity index (χ2v) is 8.02. The van der Waals surface area contributed by atoms with Crippen molar-refractivity contribution in [2.24, 2.45) is 11.8 Å². The number of hydrogen-bond acceptors (Lipinski definition) is 5. The second-order valence-electron chi connectivity index (χ2n) is 8.02. The summed E-state index contributed by atoms with van der Waals surface area (Å²) in [5, 5.41) is 2.98. The molecule has 7 heteroatoms. The van der Waals surface area contributed by atoms with Crippen LogP contribution >= 0.6 is 0 Å². The lowest BCUT2D eigenvalue weighted by Crippen LogP contribution is -2.49. The highest BCUT2D eigenvalue weighted by molar-refractivity contribution is 5.81. The van der Waals surface area contributed by atoms with E-state index in [4.69, 9.17) is 9.47 Å². The average Bonchev–Trinajstić information content (AvgIpc) is 3.21. The average molecular weight is 387 g/mol. The maximum atomic E-state index is 12.9. The van der Waals surface area contributed by atoms with Gasteiger partial charge in [-0.15, -0.1) is 0 Å². The lowest BCUT2D eigenvalue weighted by atomic mass is 9.80. The number of hydrogen-bond donors (Lipinski definition) is 1. The van der Waals surface area contributed by atoms with Crippen molar-refractivity contribution in [2.75, 3.05) is 26.3 Å². The molecule has 0 radical (unpaired) electrons. The second kappa shape index (κ2) is 8.57. The van der Waals surface area contributed by atoms with Gasteiger partial charge in [0.2, 0.25) is 11.8 Å². The summed E-state index contributed by atoms with van der Waals surface area (Å²) in [6.45, 7) is 3.16. The predicted octanol–water partition coefficient (Wildman–Crippen LogP) is 1.87. The fraction of sp³-hybridized carbons (Fsp3) is 0.667. The molecule has 2 aliphatic heterocycles. The van der Waals surface area contributed by atoms with Gasteiger partial charge >= 0.3 is 0 Å². The van der Waals surface area contributed by atoms with Crippen LogP contribution in [0, 0.1) is 11.8 Å². The molecule has 2 amide bonds. The molecule has 1 aromatic rings. The van der Waals surface area contributed by atoms with Gasteiger partial charge < -0.3 is 19.7 Å². The monoisotopic (exact) mass is 387 g/mol. The van der Waals surface area contributed by atoms with E-state index in [1.807, 2.05) is 23.1 Å². The first-order valence-corrected chi connectivity index (χ1v) is 10.4. The first kappa shape index (κ1) is 19.3. The third-order valence-corrected chi connectivity index (χ3v) is 6.27. The fourth-order valence-electron chi connectivity index (χ4n) is 4.54. The summed E-state index contributed by atoms with van der Waals surface area (Å²) in [6, 6.07) is 5.68. The zero-order chi connectivity index (χ0) is 19.4. The minimum absolute atomic E-state index is 0.00215. The van der Waals surface area contributed by atoms with Crippen LogP contribution in [0.1, 0.15) is 44.2 Å². The molecule has 28 heavy (non-hydrogen) atoms. The number of carbonyl (C=O) groups excluding carboxylic acids is 2. The third-order valence-electron chi connectivity index (χ3n) is 6.27. The molecule has 1 aromatic heterocycles. The lowest BCUT2D eigenvalue weighted by molar-refractivity contribution is -0.188. The van der Waals surface area contributed by atoms with Crippen molar-refractivity contribution in [1.29, 1.82) is 0 Å². The van der Waals surface area contributed by atoms with Gasteiger partial charge in [0.05, 0.1) is 25.5 Å². The molecule has 0 atom stereocenters. The Bertz CT molecular complexity index is 672. The Morgan fingerprint density at radius 1 is 1.07 bits per heavy atom. The molecule has 1 N–H and O–H groups in total. The van der Waals surface area contributed by atoms with Crippen molar-refractivity contribution >= 4 is 11.8 Å². The number of piperidine rings is 1. The number of nitrogens with zero attached hydrogens (tertiary/aromatic N) is 2. The third kappa shape index (κ3) is 4.36. The molecule has 1 spiro atoms. The molecule has 0 aromatic carbocycles. The number of rotatable bonds is 4. The van der Waals surface area contributed by atoms with E-state index < -0.39 is 5.79 Å². The van der Waals surface area contributed by atoms with Crippen LogP contribution in [-0.4, -0.2) is 53.8 Å². The van der Waals surface area contributed by atoms with Gasteiger partial charge in [0.15, 0.2) is 5.79 Å². The Kier molecular flexibility index (Phi) is 5.92. The fourth-order valence-corrected chi connectivity index (χ4v) is 4.54. The molecule has 0 bridgehead atoms. The molecule has 2 saturated heterocycles. The van der Waals surface area contributed by atoms with Crippen LogP contribution in [0.2, 0.25) is 0 Å². The largest absolute Gasteiger partial charge is 0.350 e. The zero-order valence-electron chi connectivity index (χ0n) is 16.3. The van der Waals surface area contributed by atoms with Crippen LogP contribution in [0.4, 0.5) is 0 Å². The number of pyridine rings is 1. The van der Waals surface area contributed by atoms with Crippen molar-refractivity contribution in [2.45, 2.75) is 50.9 Å². The molecule has 0 unspecified atom stereocenters. The SMILES string of the molecule is O=C(NCc1ccccn1)C1CCC(C(=O)N2CCC3(CC2)OCCO3)CC1. The Labute approximate surface area is 165 Å². The summed E-state index contributed by atoms with van der Waals surface area (Å²) in [5.41, 5.74) is 0.859. The van der Waals surface area contributed by atoms with E-state index in [1.165, 1.54) is 0 Å². The van der Waals surface area contributed by atoms with Crippen LogP contribution in [0.5, 0.6) is 0 Å². The molecule has 1 aliphatic carbocycles. The van der Waals surface area contributed by atoms with Crippen molar-refractivity contribution in [3.63, 3.8) is 0 Å². The van der Waals surface area contributed by atoms with Gasteiger partial charge in [-0.25, -0.2) is 0 Å². The Balaban J connectivity index is 1.20. The van der Waals surface area contributed by atoms with Crippen LogP contribution in [-0.2, 0) is 25.6 Å². The maximum Gasteiger partial charge on any atom is 0.225 e. The molecular weight excluding hydrogens is 358 g/mol. The van der Waals surface area contributed by atoms with Gasteiger partial charge in [-0.05, 0) is 37.8 Å². The summed E-state index contributed by atoms with van der Waals surface area (Å²) >= 11 is 0. The van der Waals surface area contributed by atoms with E-state index in [2.05, 4.69) is 10.3 Å². The molecule has 3 aliphatic rings. The summed E-state index contributed by atoms with van der Waals surface area (Å²) < 4.78 is 11.5. The topological polar surface area (TPSA) is 80.8 Å². The molecule has 4 rings (SSSR count). The molecular formula is C21H29N3O4. The van der Waals surface area contributed by atoms with Gasteiger partial charge in [-0.1, -0.05) is 6.07 Å². The number of amides is 2. The van der Waals surface area contributed by atoms with E-state index in [1.54, 1.807) is 6.20 Å². The van der Waals surface area contributed by atoms with Crippen molar-refractivity contribution in [1.82, 2.24) is 15.2 Å². The minimum Gasteiger partial charge on any atom is -0.350 e. The highest BCUT2D eigenvalue weighted by atomic mass is 16.7. The van der Waals surface area contributed by atoms with Crippen LogP contribution in [0.15, 0.2) is 24.4 Å². The normalized spacial score (nSPS) is 26.9. The Morgan fingerprint density at radius 2 is 1.75 bits per heavy atom. The minimum atomic E-state index is -0.444. The van der Waals surface area contributed by atoms with E-state index in [-0.39, 0.29) is 23.7 Å². The van der Waals surface area contributed by atoms with Crippen LogP contribution in [0.25, 0.3) is 0 Å². The van der Waals surface area contributed by atoms with Gasteiger partial charge in [0.25, 0.3) is 0 Å². The van der Waals surface area contributed by atoms with Crippen molar-refractivity contribution in [3.8, 4) is 0 Å². The highest BCUT2D eigenvalue weighted by Gasteiger charge is 2.42. The summed E-state index contributed by atoms with van der Waals surface area (Å²) in [6.07, 6.45) is 6.35. The number of aromatic nitrogens is 1. The summed E-state index contributed by atoms with van der Waals surface area (Å²) in [4.78, 5) is 31.5. The maximum absolute atomic E-state index is 12.9. The first-order valence-electron chi connectivity index (χ1n) is 10.4. The molecule has 3 fully saturated rings. The summed E-state index contributed by atoms with van der Waals surface area (Å²) in [5.74, 6) is -0.0932. The zero-order valence-corrected chi connectivity index (χ0v) is 16.3. The van der Waals surface area contributed by atoms with Gasteiger partial charge in [0, 0.05) is 44.0 Å². The first-order chi connectivity index (χ1) is 13.7. The molecule has 152 valence electrons. The van der Waals surface area contributed by atoms with Crippen molar-refractivity contribution in [3.05, 3.63) is 30.1 Å². The van der Waals surface area contributed by atoms with Crippen LogP contribution in [0.3, 0.4) is 0 Å². The molecule has 3 heterocycles. The van der Waals surface area contributed by atoms with Crippen LogP contribution < -0.4 is 5.32 Å². The lowest BCUT2D eigenvalue weighted by Gasteiger charge is -2.39. The standard InChI is InChI=1S/C21H29N3O4/c25-19(23-15-18-3-1-2-10-22-18)16-4-6-17(7-5-16)20(26)24-11-8-21(9-12-24)27-13-14-28-21/h1-3,10,16-17H,4-9,11-15H2,(H,23,25). The van der Waals surface area contributed by atoms with E-state index >= 15 is 0 Å². The van der Waals surface area contributed by atoms with Crippen molar-refractivity contribution < 1.29 is 19.1 Å². The molecule has 1 saturated carbocycles. The Morgan fingerprint density at radius 3 is 2.39 bits per heavy atom. The highest BCUT2D eigenvalue weighted by Crippen LogP contribution is 2.34. The number of nitrogens with one attached hydrogen (secondary N) is 1. The van der Waals surface area contributed by atoms with E-state index in [0.29, 0.717) is 32.8 Å². The predicted molar refractivity (Wildman–Crippen MR) is 102 cm³/mol. The van der Waals surface area contributed by atoms with Gasteiger partial charge in [-0.3, -0.25) is 14.6 Å². The Hall–Kier alpha value is -1.99. The van der Waals surface area contributed by atoms with E-state index in [9.17, 15) is 9.59 Å². The summed E-state index contributed by atoms with van der Waals surface area (Å²) in [7, 11) is 0.